The number of rotatable bonds is 9. The number of quaternary nitrogens is 1. The van der Waals surface area contributed by atoms with Gasteiger partial charge in [0.1, 0.15) is 5.00 Å². The van der Waals surface area contributed by atoms with Crippen LogP contribution >= 0.6 is 11.3 Å². The predicted molar refractivity (Wildman–Crippen MR) is 106 cm³/mol. The van der Waals surface area contributed by atoms with Crippen molar-refractivity contribution in [3.63, 3.8) is 0 Å². The molecule has 1 amide bonds. The summed E-state index contributed by atoms with van der Waals surface area (Å²) in [7, 11) is 0. The van der Waals surface area contributed by atoms with Crippen LogP contribution in [0.2, 0.25) is 0 Å². The van der Waals surface area contributed by atoms with E-state index in [-0.39, 0.29) is 11.9 Å². The average Bonchev–Trinajstić information content (AvgIpc) is 2.92. The summed E-state index contributed by atoms with van der Waals surface area (Å²) < 4.78 is 5.27. The molecule has 146 valence electrons. The first kappa shape index (κ1) is 20.9. The highest BCUT2D eigenvalue weighted by molar-refractivity contribution is 7.17. The second-order valence-electron chi connectivity index (χ2n) is 7.25. The van der Waals surface area contributed by atoms with E-state index in [2.05, 4.69) is 26.1 Å². The number of ether oxygens (including phenoxy) is 1. The number of hydrogen-bond acceptors (Lipinski definition) is 4. The minimum Gasteiger partial charge on any atom is -0.462 e. The number of anilines is 1. The van der Waals surface area contributed by atoms with Crippen molar-refractivity contribution < 1.29 is 19.2 Å². The van der Waals surface area contributed by atoms with Gasteiger partial charge in [0.25, 0.3) is 5.91 Å². The van der Waals surface area contributed by atoms with Gasteiger partial charge in [-0.05, 0) is 50.5 Å². The molecule has 1 aliphatic carbocycles. The lowest BCUT2D eigenvalue weighted by molar-refractivity contribution is -0.891. The second-order valence-corrected chi connectivity index (χ2v) is 8.36. The molecule has 0 saturated heterocycles. The minimum atomic E-state index is -0.304. The highest BCUT2D eigenvalue weighted by Crippen LogP contribution is 2.40. The number of hydrogen-bond donors (Lipinski definition) is 2. The monoisotopic (exact) mass is 381 g/mol. The van der Waals surface area contributed by atoms with Gasteiger partial charge in [0, 0.05) is 4.88 Å². The van der Waals surface area contributed by atoms with Crippen LogP contribution in [-0.4, -0.2) is 38.1 Å². The van der Waals surface area contributed by atoms with Crippen LogP contribution in [0.25, 0.3) is 0 Å². The number of nitrogens with one attached hydrogen (secondary N) is 2. The molecule has 1 aromatic rings. The molecule has 0 aliphatic heterocycles. The summed E-state index contributed by atoms with van der Waals surface area (Å²) in [5.74, 6) is 0.300. The van der Waals surface area contributed by atoms with Crippen LogP contribution in [0.15, 0.2) is 0 Å². The Morgan fingerprint density at radius 2 is 1.92 bits per heavy atom. The van der Waals surface area contributed by atoms with Crippen LogP contribution in [0.4, 0.5) is 5.00 Å². The van der Waals surface area contributed by atoms with Gasteiger partial charge in [-0.3, -0.25) is 4.79 Å². The van der Waals surface area contributed by atoms with Crippen molar-refractivity contribution in [1.82, 2.24) is 0 Å². The topological polar surface area (TPSA) is 59.8 Å². The van der Waals surface area contributed by atoms with Crippen LogP contribution in [0.5, 0.6) is 0 Å². The standard InChI is InChI=1S/C20H32N2O3S/c1-5-10-22(11-6-2)13-17(23)21-19-18(20(24)25-7-3)15-9-8-14(4)12-16(15)26-19/h14H,5-13H2,1-4H3,(H,21,23)/p+1. The smallest absolute Gasteiger partial charge is 0.341 e. The SMILES string of the molecule is CCC[NH+](CCC)CC(=O)Nc1sc2c(c1C(=O)OCC)CCC(C)C2. The molecule has 0 fully saturated rings. The van der Waals surface area contributed by atoms with Crippen molar-refractivity contribution in [2.24, 2.45) is 5.92 Å². The molecule has 1 heterocycles. The second kappa shape index (κ2) is 10.1. The molecule has 0 bridgehead atoms. The van der Waals surface area contributed by atoms with Crippen molar-refractivity contribution in [3.05, 3.63) is 16.0 Å². The zero-order chi connectivity index (χ0) is 19.1. The summed E-state index contributed by atoms with van der Waals surface area (Å²) in [4.78, 5) is 27.6. The maximum Gasteiger partial charge on any atom is 0.341 e. The van der Waals surface area contributed by atoms with E-state index in [0.717, 1.165) is 50.8 Å². The number of carbonyl (C=O) groups is 2. The minimum absolute atomic E-state index is 0.0147. The summed E-state index contributed by atoms with van der Waals surface area (Å²) in [6.07, 6.45) is 5.06. The number of carbonyl (C=O) groups excluding carboxylic acids is 2. The first-order valence-electron chi connectivity index (χ1n) is 9.95. The number of fused-ring (bicyclic) bond motifs is 1. The van der Waals surface area contributed by atoms with Crippen molar-refractivity contribution >= 4 is 28.2 Å². The highest BCUT2D eigenvalue weighted by atomic mass is 32.1. The lowest BCUT2D eigenvalue weighted by Crippen LogP contribution is -3.13. The summed E-state index contributed by atoms with van der Waals surface area (Å²) in [6.45, 7) is 11.1. The van der Waals surface area contributed by atoms with Gasteiger partial charge in [0.05, 0.1) is 25.3 Å². The molecule has 2 N–H and O–H groups in total. The van der Waals surface area contributed by atoms with Crippen LogP contribution in [0.3, 0.4) is 0 Å². The molecular formula is C20H33N2O3S+. The predicted octanol–water partition coefficient (Wildman–Crippen LogP) is 2.69. The van der Waals surface area contributed by atoms with Crippen molar-refractivity contribution in [2.45, 2.75) is 59.8 Å². The molecule has 0 saturated carbocycles. The van der Waals surface area contributed by atoms with E-state index in [1.54, 1.807) is 11.3 Å². The van der Waals surface area contributed by atoms with Gasteiger partial charge in [-0.15, -0.1) is 11.3 Å². The van der Waals surface area contributed by atoms with Crippen LogP contribution < -0.4 is 10.2 Å². The average molecular weight is 382 g/mol. The van der Waals surface area contributed by atoms with E-state index < -0.39 is 0 Å². The Kier molecular flexibility index (Phi) is 8.10. The molecule has 1 atom stereocenters. The molecule has 0 spiro atoms. The highest BCUT2D eigenvalue weighted by Gasteiger charge is 2.29. The normalized spacial score (nSPS) is 16.4. The maximum absolute atomic E-state index is 12.6. The van der Waals surface area contributed by atoms with Crippen LogP contribution in [0, 0.1) is 5.92 Å². The van der Waals surface area contributed by atoms with E-state index >= 15 is 0 Å². The Hall–Kier alpha value is -1.40. The third-order valence-electron chi connectivity index (χ3n) is 4.86. The molecule has 1 aromatic heterocycles. The van der Waals surface area contributed by atoms with Crippen molar-refractivity contribution in [2.75, 3.05) is 31.6 Å². The molecule has 6 heteroatoms. The largest absolute Gasteiger partial charge is 0.462 e. The lowest BCUT2D eigenvalue weighted by Gasteiger charge is -2.18. The quantitative estimate of drug-likeness (QED) is 0.647. The first-order chi connectivity index (χ1) is 12.5. The fourth-order valence-corrected chi connectivity index (χ4v) is 5.08. The molecule has 26 heavy (non-hydrogen) atoms. The maximum atomic E-state index is 12.6. The summed E-state index contributed by atoms with van der Waals surface area (Å²) in [6, 6.07) is 0. The zero-order valence-corrected chi connectivity index (χ0v) is 17.4. The molecular weight excluding hydrogens is 348 g/mol. The molecule has 0 aromatic carbocycles. The van der Waals surface area contributed by atoms with E-state index in [4.69, 9.17) is 4.74 Å². The van der Waals surface area contributed by atoms with Gasteiger partial charge in [-0.2, -0.15) is 0 Å². The molecule has 1 unspecified atom stereocenters. The summed E-state index contributed by atoms with van der Waals surface area (Å²) in [5.41, 5.74) is 1.69. The van der Waals surface area contributed by atoms with Crippen molar-refractivity contribution in [3.8, 4) is 0 Å². The third-order valence-corrected chi connectivity index (χ3v) is 6.03. The van der Waals surface area contributed by atoms with E-state index in [9.17, 15) is 9.59 Å². The first-order valence-corrected chi connectivity index (χ1v) is 10.8. The van der Waals surface area contributed by atoms with Crippen LogP contribution in [0.1, 0.15) is 67.8 Å². The number of esters is 1. The molecule has 1 aliphatic rings. The Morgan fingerprint density at radius 3 is 2.54 bits per heavy atom. The number of thiophene rings is 1. The Labute approximate surface area is 161 Å². The Balaban J connectivity index is 2.19. The lowest BCUT2D eigenvalue weighted by atomic mass is 9.88. The number of amides is 1. The summed E-state index contributed by atoms with van der Waals surface area (Å²) in [5, 5.41) is 3.71. The summed E-state index contributed by atoms with van der Waals surface area (Å²) >= 11 is 1.56. The third kappa shape index (κ3) is 5.30. The Morgan fingerprint density at radius 1 is 1.23 bits per heavy atom. The van der Waals surface area contributed by atoms with Crippen molar-refractivity contribution in [1.29, 1.82) is 0 Å². The van der Waals surface area contributed by atoms with E-state index in [1.807, 2.05) is 6.92 Å². The fraction of sp³-hybridized carbons (Fsp3) is 0.700. The van der Waals surface area contributed by atoms with E-state index in [1.165, 1.54) is 9.78 Å². The van der Waals surface area contributed by atoms with Gasteiger partial charge in [-0.25, -0.2) is 4.79 Å². The molecule has 0 radical (unpaired) electrons. The zero-order valence-electron chi connectivity index (χ0n) is 16.6. The Bertz CT molecular complexity index is 621. The fourth-order valence-electron chi connectivity index (χ4n) is 3.66. The van der Waals surface area contributed by atoms with Gasteiger partial charge in [0.2, 0.25) is 0 Å². The molecule has 5 nitrogen and oxygen atoms in total. The van der Waals surface area contributed by atoms with Gasteiger partial charge < -0.3 is 15.0 Å². The van der Waals surface area contributed by atoms with E-state index in [0.29, 0.717) is 29.6 Å². The van der Waals surface area contributed by atoms with Gasteiger partial charge in [0.15, 0.2) is 6.54 Å². The van der Waals surface area contributed by atoms with Crippen LogP contribution in [-0.2, 0) is 22.4 Å². The van der Waals surface area contributed by atoms with Gasteiger partial charge in [-0.1, -0.05) is 20.8 Å². The van der Waals surface area contributed by atoms with Gasteiger partial charge >= 0.3 is 5.97 Å². The molecule has 2 rings (SSSR count).